The first-order chi connectivity index (χ1) is 9.31. The second kappa shape index (κ2) is 4.61. The molecule has 0 aliphatic carbocycles. The molecule has 0 aliphatic rings. The quantitative estimate of drug-likeness (QED) is 0.780. The van der Waals surface area contributed by atoms with E-state index in [0.717, 1.165) is 22.6 Å². The number of nitrogens with zero attached hydrogens (tertiary/aromatic N) is 3. The Morgan fingerprint density at radius 2 is 2.05 bits per heavy atom. The fraction of sp³-hybridized carbons (Fsp3) is 0.143. The van der Waals surface area contributed by atoms with E-state index < -0.39 is 0 Å². The van der Waals surface area contributed by atoms with E-state index in [4.69, 9.17) is 4.74 Å². The number of pyridine rings is 1. The first-order valence-electron chi connectivity index (χ1n) is 5.99. The lowest BCUT2D eigenvalue weighted by Crippen LogP contribution is -1.91. The summed E-state index contributed by atoms with van der Waals surface area (Å²) in [6.07, 6.45) is 1.88. The van der Waals surface area contributed by atoms with Crippen LogP contribution in [0.3, 0.4) is 0 Å². The topological polar surface area (TPSA) is 51.5 Å². The van der Waals surface area contributed by atoms with Crippen LogP contribution >= 0.6 is 0 Å². The Morgan fingerprint density at radius 1 is 1.21 bits per heavy atom. The summed E-state index contributed by atoms with van der Waals surface area (Å²) in [7, 11) is 3.52. The molecule has 3 rings (SSSR count). The van der Waals surface area contributed by atoms with Crippen molar-refractivity contribution >= 4 is 11.3 Å². The third-order valence-corrected chi connectivity index (χ3v) is 2.97. The Bertz CT molecular complexity index is 720. The van der Waals surface area contributed by atoms with Crippen molar-refractivity contribution in [3.05, 3.63) is 42.6 Å². The molecule has 0 amide bonds. The van der Waals surface area contributed by atoms with Crippen LogP contribution in [-0.4, -0.2) is 28.8 Å². The zero-order valence-electron chi connectivity index (χ0n) is 10.8. The van der Waals surface area contributed by atoms with Gasteiger partial charge < -0.3 is 10.1 Å². The zero-order chi connectivity index (χ0) is 13.2. The molecule has 5 nitrogen and oxygen atoms in total. The molecule has 1 N–H and O–H groups in total. The lowest BCUT2D eigenvalue weighted by Gasteiger charge is -2.03. The Kier molecular flexibility index (Phi) is 2.79. The van der Waals surface area contributed by atoms with E-state index in [2.05, 4.69) is 15.4 Å². The number of rotatable bonds is 3. The number of ether oxygens (including phenoxy) is 1. The van der Waals surface area contributed by atoms with E-state index in [1.807, 2.05) is 49.6 Å². The number of hydrogen-bond acceptors (Lipinski definition) is 4. The predicted molar refractivity (Wildman–Crippen MR) is 74.5 cm³/mol. The molecule has 96 valence electrons. The van der Waals surface area contributed by atoms with Crippen LogP contribution in [0.1, 0.15) is 0 Å². The highest BCUT2D eigenvalue weighted by Gasteiger charge is 2.11. The highest BCUT2D eigenvalue weighted by Crippen LogP contribution is 2.27. The number of nitrogens with one attached hydrogen (secondary N) is 1. The molecule has 0 spiro atoms. The number of methoxy groups -OCH3 is 1. The highest BCUT2D eigenvalue weighted by molar-refractivity contribution is 5.66. The van der Waals surface area contributed by atoms with Crippen LogP contribution < -0.4 is 10.1 Å². The van der Waals surface area contributed by atoms with Crippen molar-refractivity contribution in [3.63, 3.8) is 0 Å². The summed E-state index contributed by atoms with van der Waals surface area (Å²) in [6, 6.07) is 11.6. The summed E-state index contributed by atoms with van der Waals surface area (Å²) in [5, 5.41) is 7.55. The van der Waals surface area contributed by atoms with Gasteiger partial charge in [0.2, 0.25) is 0 Å². The summed E-state index contributed by atoms with van der Waals surface area (Å²) in [6.45, 7) is 0. The largest absolute Gasteiger partial charge is 0.496 e. The summed E-state index contributed by atoms with van der Waals surface area (Å²) in [4.78, 5) is 4.53. The molecule has 2 heterocycles. The number of anilines is 1. The van der Waals surface area contributed by atoms with E-state index in [9.17, 15) is 0 Å². The number of aromatic nitrogens is 3. The summed E-state index contributed by atoms with van der Waals surface area (Å²) in [5.74, 6) is 1.43. The summed E-state index contributed by atoms with van der Waals surface area (Å²) in [5.41, 5.74) is 2.69. The van der Waals surface area contributed by atoms with Gasteiger partial charge in [-0.1, -0.05) is 12.1 Å². The Morgan fingerprint density at radius 3 is 2.84 bits per heavy atom. The minimum absolute atomic E-state index is 0.658. The number of fused-ring (bicyclic) bond motifs is 1. The van der Waals surface area contributed by atoms with Crippen molar-refractivity contribution in [1.82, 2.24) is 14.6 Å². The number of hydrogen-bond donors (Lipinski definition) is 1. The van der Waals surface area contributed by atoms with E-state index in [1.165, 1.54) is 0 Å². The Labute approximate surface area is 110 Å². The van der Waals surface area contributed by atoms with E-state index in [1.54, 1.807) is 11.6 Å². The van der Waals surface area contributed by atoms with Gasteiger partial charge in [-0.15, -0.1) is 5.10 Å². The average Bonchev–Trinajstić information content (AvgIpc) is 2.89. The van der Waals surface area contributed by atoms with Gasteiger partial charge in [0.15, 0.2) is 11.5 Å². The van der Waals surface area contributed by atoms with Gasteiger partial charge >= 0.3 is 0 Å². The van der Waals surface area contributed by atoms with Gasteiger partial charge in [-0.3, -0.25) is 0 Å². The lowest BCUT2D eigenvalue weighted by molar-refractivity contribution is 0.416. The first-order valence-corrected chi connectivity index (χ1v) is 5.99. The molecule has 3 aromatic rings. The normalized spacial score (nSPS) is 10.6. The van der Waals surface area contributed by atoms with Gasteiger partial charge in [-0.25, -0.2) is 9.50 Å². The number of para-hydroxylation sites is 1. The smallest absolute Gasteiger partial charge is 0.185 e. The van der Waals surface area contributed by atoms with Crippen molar-refractivity contribution in [2.24, 2.45) is 0 Å². The predicted octanol–water partition coefficient (Wildman–Crippen LogP) is 2.45. The van der Waals surface area contributed by atoms with Crippen LogP contribution in [0.5, 0.6) is 5.75 Å². The van der Waals surface area contributed by atoms with Gasteiger partial charge in [0.25, 0.3) is 0 Å². The molecule has 19 heavy (non-hydrogen) atoms. The van der Waals surface area contributed by atoms with E-state index >= 15 is 0 Å². The molecule has 0 atom stereocenters. The molecule has 0 aliphatic heterocycles. The molecule has 0 saturated carbocycles. The zero-order valence-corrected chi connectivity index (χ0v) is 10.8. The van der Waals surface area contributed by atoms with Crippen LogP contribution in [0, 0.1) is 0 Å². The third kappa shape index (κ3) is 1.99. The van der Waals surface area contributed by atoms with Crippen molar-refractivity contribution in [2.75, 3.05) is 19.5 Å². The Balaban J connectivity index is 2.15. The molecule has 0 radical (unpaired) electrons. The van der Waals surface area contributed by atoms with Crippen molar-refractivity contribution in [3.8, 4) is 17.1 Å². The lowest BCUT2D eigenvalue weighted by atomic mass is 10.2. The van der Waals surface area contributed by atoms with Crippen LogP contribution in [0.4, 0.5) is 5.69 Å². The van der Waals surface area contributed by atoms with Crippen LogP contribution in [0.15, 0.2) is 42.6 Å². The maximum absolute atomic E-state index is 5.34. The van der Waals surface area contributed by atoms with Gasteiger partial charge in [-0.05, 0) is 18.2 Å². The van der Waals surface area contributed by atoms with Gasteiger partial charge in [0.1, 0.15) is 5.75 Å². The van der Waals surface area contributed by atoms with Gasteiger partial charge in [0.05, 0.1) is 12.7 Å². The van der Waals surface area contributed by atoms with Crippen LogP contribution in [0.25, 0.3) is 17.0 Å². The maximum Gasteiger partial charge on any atom is 0.185 e. The molecular weight excluding hydrogens is 240 g/mol. The summed E-state index contributed by atoms with van der Waals surface area (Å²) >= 11 is 0. The SMILES string of the molecule is CNc1ccn2nc(-c3ccccc3OC)nc2c1. The van der Waals surface area contributed by atoms with E-state index in [0.29, 0.717) is 5.82 Å². The monoisotopic (exact) mass is 254 g/mol. The van der Waals surface area contributed by atoms with Crippen LogP contribution in [0.2, 0.25) is 0 Å². The van der Waals surface area contributed by atoms with Gasteiger partial charge in [0, 0.05) is 25.0 Å². The molecule has 0 unspecified atom stereocenters. The third-order valence-electron chi connectivity index (χ3n) is 2.97. The highest BCUT2D eigenvalue weighted by atomic mass is 16.5. The molecule has 1 aromatic carbocycles. The molecule has 5 heteroatoms. The summed E-state index contributed by atoms with van der Waals surface area (Å²) < 4.78 is 7.09. The second-order valence-corrected chi connectivity index (χ2v) is 4.10. The maximum atomic E-state index is 5.34. The molecular formula is C14H14N4O. The molecule has 0 saturated heterocycles. The fourth-order valence-corrected chi connectivity index (χ4v) is 1.98. The fourth-order valence-electron chi connectivity index (χ4n) is 1.98. The molecule has 2 aromatic heterocycles. The minimum atomic E-state index is 0.658. The van der Waals surface area contributed by atoms with Crippen molar-refractivity contribution in [2.45, 2.75) is 0 Å². The molecule has 0 bridgehead atoms. The average molecular weight is 254 g/mol. The minimum Gasteiger partial charge on any atom is -0.496 e. The van der Waals surface area contributed by atoms with Crippen molar-refractivity contribution in [1.29, 1.82) is 0 Å². The van der Waals surface area contributed by atoms with Crippen molar-refractivity contribution < 1.29 is 4.74 Å². The van der Waals surface area contributed by atoms with E-state index in [-0.39, 0.29) is 0 Å². The first kappa shape index (κ1) is 11.5. The van der Waals surface area contributed by atoms with Gasteiger partial charge in [-0.2, -0.15) is 0 Å². The standard InChI is InChI=1S/C14H14N4O/c1-15-10-7-8-18-13(9-10)16-14(17-18)11-5-3-4-6-12(11)19-2/h3-9,15H,1-2H3. The Hall–Kier alpha value is -2.56. The van der Waals surface area contributed by atoms with Crippen LogP contribution in [-0.2, 0) is 0 Å². The second-order valence-electron chi connectivity index (χ2n) is 4.10. The number of benzene rings is 1. The molecule has 0 fully saturated rings.